The predicted molar refractivity (Wildman–Crippen MR) is 86.2 cm³/mol. The van der Waals surface area contributed by atoms with Crippen molar-refractivity contribution in [2.45, 2.75) is 110 Å². The van der Waals surface area contributed by atoms with Crippen molar-refractivity contribution in [3.8, 4) is 0 Å². The molecule has 121 valence electrons. The molecule has 0 aliphatic heterocycles. The van der Waals surface area contributed by atoms with Crippen LogP contribution in [0, 0.1) is 0 Å². The van der Waals surface area contributed by atoms with Gasteiger partial charge < -0.3 is 0 Å². The standard InChI is InChI=1S/C18H37O2/c1-2-3-4-5-6-7-8-9-10-11-12-13-14-15-16-17-18-20-19/h2-18H2,1H3. The van der Waals surface area contributed by atoms with Gasteiger partial charge in [-0.15, -0.1) is 0 Å². The van der Waals surface area contributed by atoms with Crippen LogP contribution in [-0.4, -0.2) is 6.61 Å². The Hall–Kier alpha value is -0.0800. The Balaban J connectivity index is 2.89. The van der Waals surface area contributed by atoms with E-state index in [1.165, 1.54) is 89.9 Å². The molecule has 0 saturated heterocycles. The molecule has 0 aromatic carbocycles. The number of rotatable bonds is 17. The van der Waals surface area contributed by atoms with Crippen molar-refractivity contribution in [1.29, 1.82) is 0 Å². The van der Waals surface area contributed by atoms with Crippen LogP contribution in [0.1, 0.15) is 110 Å². The van der Waals surface area contributed by atoms with Gasteiger partial charge in [0.05, 0.1) is 6.61 Å². The molecule has 0 atom stereocenters. The van der Waals surface area contributed by atoms with Gasteiger partial charge in [0.25, 0.3) is 0 Å². The highest BCUT2D eigenvalue weighted by Crippen LogP contribution is 2.13. The molecule has 2 nitrogen and oxygen atoms in total. The summed E-state index contributed by atoms with van der Waals surface area (Å²) in [5.74, 6) is 0. The van der Waals surface area contributed by atoms with Gasteiger partial charge in [0.1, 0.15) is 0 Å². The first-order valence-corrected chi connectivity index (χ1v) is 9.16. The average Bonchev–Trinajstić information content (AvgIpc) is 2.47. The molecule has 0 fully saturated rings. The summed E-state index contributed by atoms with van der Waals surface area (Å²) in [6, 6.07) is 0. The molecule has 0 rings (SSSR count). The third kappa shape index (κ3) is 17.9. The van der Waals surface area contributed by atoms with Gasteiger partial charge in [0.2, 0.25) is 0 Å². The van der Waals surface area contributed by atoms with Crippen molar-refractivity contribution in [2.75, 3.05) is 6.61 Å². The quantitative estimate of drug-likeness (QED) is 0.168. The fraction of sp³-hybridized carbons (Fsp3) is 1.00. The van der Waals surface area contributed by atoms with E-state index in [0.717, 1.165) is 12.8 Å². The topological polar surface area (TPSA) is 29.1 Å². The summed E-state index contributed by atoms with van der Waals surface area (Å²) in [6.45, 7) is 2.67. The van der Waals surface area contributed by atoms with Crippen LogP contribution in [0.25, 0.3) is 0 Å². The Morgan fingerprint density at radius 3 is 1.10 bits per heavy atom. The van der Waals surface area contributed by atoms with E-state index in [2.05, 4.69) is 11.8 Å². The van der Waals surface area contributed by atoms with Gasteiger partial charge in [-0.2, -0.15) is 0 Å². The Labute approximate surface area is 127 Å². The first kappa shape index (κ1) is 19.9. The molecule has 0 unspecified atom stereocenters. The zero-order valence-electron chi connectivity index (χ0n) is 13.8. The lowest BCUT2D eigenvalue weighted by Gasteiger charge is -2.03. The smallest absolute Gasteiger partial charge is 0.0854 e. The van der Waals surface area contributed by atoms with Crippen molar-refractivity contribution >= 4 is 0 Å². The monoisotopic (exact) mass is 285 g/mol. The number of hydrogen-bond acceptors (Lipinski definition) is 1. The molecule has 0 N–H and O–H groups in total. The van der Waals surface area contributed by atoms with E-state index in [4.69, 9.17) is 0 Å². The largest absolute Gasteiger partial charge is 0.204 e. The average molecular weight is 285 g/mol. The van der Waals surface area contributed by atoms with Crippen molar-refractivity contribution < 1.29 is 10.1 Å². The summed E-state index contributed by atoms with van der Waals surface area (Å²) in [5, 5.41) is 9.78. The maximum absolute atomic E-state index is 9.78. The second-order valence-corrected chi connectivity index (χ2v) is 6.13. The van der Waals surface area contributed by atoms with Crippen LogP contribution in [0.4, 0.5) is 0 Å². The van der Waals surface area contributed by atoms with Crippen LogP contribution in [-0.2, 0) is 10.1 Å². The minimum absolute atomic E-state index is 0.387. The van der Waals surface area contributed by atoms with Crippen molar-refractivity contribution in [3.05, 3.63) is 0 Å². The van der Waals surface area contributed by atoms with Gasteiger partial charge in [0.15, 0.2) is 0 Å². The van der Waals surface area contributed by atoms with E-state index >= 15 is 0 Å². The summed E-state index contributed by atoms with van der Waals surface area (Å²) < 4.78 is 0. The van der Waals surface area contributed by atoms with Crippen LogP contribution >= 0.6 is 0 Å². The summed E-state index contributed by atoms with van der Waals surface area (Å²) in [5.41, 5.74) is 0. The molecule has 1 radical (unpaired) electrons. The highest BCUT2D eigenvalue weighted by Gasteiger charge is 1.94. The molecule has 0 aromatic rings. The highest BCUT2D eigenvalue weighted by molar-refractivity contribution is 4.49. The molecular weight excluding hydrogens is 248 g/mol. The molecular formula is C18H37O2. The van der Waals surface area contributed by atoms with Crippen LogP contribution in [0.3, 0.4) is 0 Å². The lowest BCUT2D eigenvalue weighted by atomic mass is 10.0. The number of hydrogen-bond donors (Lipinski definition) is 0. The minimum Gasteiger partial charge on any atom is -0.204 e. The Morgan fingerprint density at radius 1 is 0.500 bits per heavy atom. The molecule has 0 spiro atoms. The van der Waals surface area contributed by atoms with Gasteiger partial charge >= 0.3 is 0 Å². The molecule has 0 amide bonds. The van der Waals surface area contributed by atoms with Crippen LogP contribution in [0.5, 0.6) is 0 Å². The van der Waals surface area contributed by atoms with Crippen molar-refractivity contribution in [1.82, 2.24) is 0 Å². The highest BCUT2D eigenvalue weighted by atomic mass is 17.1. The van der Waals surface area contributed by atoms with E-state index in [-0.39, 0.29) is 0 Å². The van der Waals surface area contributed by atoms with Crippen molar-refractivity contribution in [3.63, 3.8) is 0 Å². The lowest BCUT2D eigenvalue weighted by Crippen LogP contribution is -1.88. The molecule has 2 heteroatoms. The molecule has 0 heterocycles. The molecule has 0 aliphatic rings. The predicted octanol–water partition coefficient (Wildman–Crippen LogP) is 6.61. The van der Waals surface area contributed by atoms with E-state index < -0.39 is 0 Å². The lowest BCUT2D eigenvalue weighted by molar-refractivity contribution is -0.303. The first-order valence-electron chi connectivity index (χ1n) is 9.16. The zero-order valence-corrected chi connectivity index (χ0v) is 13.8. The molecule has 0 aliphatic carbocycles. The fourth-order valence-corrected chi connectivity index (χ4v) is 2.71. The Bertz CT molecular complexity index is 141. The van der Waals surface area contributed by atoms with Gasteiger partial charge in [-0.25, -0.2) is 4.89 Å². The van der Waals surface area contributed by atoms with Crippen LogP contribution < -0.4 is 0 Å². The third-order valence-corrected chi connectivity index (χ3v) is 4.08. The van der Waals surface area contributed by atoms with Crippen molar-refractivity contribution in [2.24, 2.45) is 0 Å². The summed E-state index contributed by atoms with van der Waals surface area (Å²) in [6.07, 6.45) is 21.7. The van der Waals surface area contributed by atoms with E-state index in [1.807, 2.05) is 0 Å². The summed E-state index contributed by atoms with van der Waals surface area (Å²) >= 11 is 0. The van der Waals surface area contributed by atoms with Gasteiger partial charge in [-0.3, -0.25) is 0 Å². The molecule has 20 heavy (non-hydrogen) atoms. The van der Waals surface area contributed by atoms with Crippen LogP contribution in [0.2, 0.25) is 0 Å². The van der Waals surface area contributed by atoms with E-state index in [9.17, 15) is 5.26 Å². The second kappa shape index (κ2) is 18.9. The molecule has 0 saturated carbocycles. The molecule has 0 aromatic heterocycles. The SMILES string of the molecule is CCCCCCCCCCCCCCCCCCO[O]. The van der Waals surface area contributed by atoms with Gasteiger partial charge in [0, 0.05) is 0 Å². The minimum atomic E-state index is 0.387. The van der Waals surface area contributed by atoms with E-state index in [1.54, 1.807) is 0 Å². The van der Waals surface area contributed by atoms with Gasteiger partial charge in [-0.05, 0) is 11.7 Å². The maximum Gasteiger partial charge on any atom is 0.0854 e. The van der Waals surface area contributed by atoms with E-state index in [0.29, 0.717) is 6.61 Å². The second-order valence-electron chi connectivity index (χ2n) is 6.13. The van der Waals surface area contributed by atoms with Gasteiger partial charge in [-0.1, -0.05) is 103 Å². The summed E-state index contributed by atoms with van der Waals surface area (Å²) in [4.78, 5) is 3.81. The number of unbranched alkanes of at least 4 members (excludes halogenated alkanes) is 15. The first-order chi connectivity index (χ1) is 9.91. The Morgan fingerprint density at radius 2 is 0.800 bits per heavy atom. The summed E-state index contributed by atoms with van der Waals surface area (Å²) in [7, 11) is 0. The zero-order chi connectivity index (χ0) is 14.7. The maximum atomic E-state index is 9.78. The van der Waals surface area contributed by atoms with Crippen LogP contribution in [0.15, 0.2) is 0 Å². The molecule has 0 bridgehead atoms. The Kier molecular flexibility index (Phi) is 18.8. The normalized spacial score (nSPS) is 11.1. The third-order valence-electron chi connectivity index (χ3n) is 4.08. The fourth-order valence-electron chi connectivity index (χ4n) is 2.71.